The Bertz CT molecular complexity index is 798. The van der Waals surface area contributed by atoms with E-state index in [0.29, 0.717) is 13.0 Å². The van der Waals surface area contributed by atoms with Crippen molar-refractivity contribution in [3.8, 4) is 0 Å². The van der Waals surface area contributed by atoms with Crippen molar-refractivity contribution in [2.75, 3.05) is 6.54 Å². The zero-order valence-corrected chi connectivity index (χ0v) is 23.0. The summed E-state index contributed by atoms with van der Waals surface area (Å²) in [5, 5.41) is 3.04. The predicted octanol–water partition coefficient (Wildman–Crippen LogP) is 8.76. The molecule has 0 aliphatic rings. The lowest BCUT2D eigenvalue weighted by Crippen LogP contribution is -2.26. The number of hydrogen-bond donors (Lipinski definition) is 1. The van der Waals surface area contributed by atoms with Crippen LogP contribution in [-0.4, -0.2) is 22.0 Å². The van der Waals surface area contributed by atoms with Gasteiger partial charge in [0.25, 0.3) is 0 Å². The van der Waals surface area contributed by atoms with Gasteiger partial charge in [0.05, 0.1) is 11.0 Å². The van der Waals surface area contributed by atoms with E-state index in [2.05, 4.69) is 41.1 Å². The number of aryl methyl sites for hydroxylation is 1. The third-order valence-corrected chi connectivity index (χ3v) is 7.12. The maximum absolute atomic E-state index is 11.8. The number of unbranched alkanes of at least 4 members (excludes halogenated alkanes) is 15. The van der Waals surface area contributed by atoms with E-state index in [1.54, 1.807) is 0 Å². The molecule has 0 aliphatic heterocycles. The second-order valence-corrected chi connectivity index (χ2v) is 10.3. The van der Waals surface area contributed by atoms with Gasteiger partial charge in [0.1, 0.15) is 5.82 Å². The molecule has 4 heteroatoms. The molecule has 4 nitrogen and oxygen atoms in total. The average Bonchev–Trinajstić information content (AvgIpc) is 3.21. The molecule has 1 aromatic heterocycles. The highest BCUT2D eigenvalue weighted by molar-refractivity contribution is 5.76. The Morgan fingerprint density at radius 3 is 1.86 bits per heavy atom. The van der Waals surface area contributed by atoms with Crippen LogP contribution < -0.4 is 5.32 Å². The lowest BCUT2D eigenvalue weighted by Gasteiger charge is -2.10. The van der Waals surface area contributed by atoms with Gasteiger partial charge in [-0.1, -0.05) is 122 Å². The van der Waals surface area contributed by atoms with Crippen molar-refractivity contribution >= 4 is 16.9 Å². The normalized spacial score (nSPS) is 11.4. The number of carbonyl (C=O) groups excluding carboxylic acids is 1. The molecule has 0 unspecified atom stereocenters. The van der Waals surface area contributed by atoms with Crippen molar-refractivity contribution in [3.63, 3.8) is 0 Å². The maximum atomic E-state index is 11.8. The number of rotatable bonds is 22. The lowest BCUT2D eigenvalue weighted by atomic mass is 10.0. The van der Waals surface area contributed by atoms with Crippen LogP contribution in [0.15, 0.2) is 24.3 Å². The molecule has 0 bridgehead atoms. The number of para-hydroxylation sites is 2. The molecule has 1 amide bonds. The lowest BCUT2D eigenvalue weighted by molar-refractivity contribution is -0.121. The van der Waals surface area contributed by atoms with Crippen LogP contribution in [0, 0.1) is 0 Å². The minimum absolute atomic E-state index is 0.146. The highest BCUT2D eigenvalue weighted by Crippen LogP contribution is 2.18. The average molecular weight is 484 g/mol. The zero-order chi connectivity index (χ0) is 25.0. The minimum atomic E-state index is 0.146. The van der Waals surface area contributed by atoms with Gasteiger partial charge in [-0.3, -0.25) is 4.79 Å². The molecule has 0 spiro atoms. The summed E-state index contributed by atoms with van der Waals surface area (Å²) in [6.07, 6.45) is 24.6. The van der Waals surface area contributed by atoms with E-state index in [4.69, 9.17) is 4.98 Å². The Labute approximate surface area is 215 Å². The summed E-state index contributed by atoms with van der Waals surface area (Å²) in [5.41, 5.74) is 2.29. The highest BCUT2D eigenvalue weighted by atomic mass is 16.1. The molecule has 0 saturated carbocycles. The molecule has 1 heterocycles. The summed E-state index contributed by atoms with van der Waals surface area (Å²) in [6, 6.07) is 8.43. The number of fused-ring (bicyclic) bond motifs is 1. The summed E-state index contributed by atoms with van der Waals surface area (Å²) < 4.78 is 2.38. The van der Waals surface area contributed by atoms with Crippen LogP contribution in [0.5, 0.6) is 0 Å². The van der Waals surface area contributed by atoms with Gasteiger partial charge in [-0.2, -0.15) is 0 Å². The summed E-state index contributed by atoms with van der Waals surface area (Å²) in [4.78, 5) is 16.6. The van der Waals surface area contributed by atoms with E-state index in [9.17, 15) is 4.79 Å². The maximum Gasteiger partial charge on any atom is 0.219 e. The van der Waals surface area contributed by atoms with Gasteiger partial charge < -0.3 is 9.88 Å². The molecule has 0 atom stereocenters. The van der Waals surface area contributed by atoms with Crippen molar-refractivity contribution in [2.45, 2.75) is 142 Å². The standard InChI is InChI=1S/C31H53N3O/c1-3-5-6-7-8-9-10-11-12-13-14-15-16-17-18-21-27-34-29-24-20-19-23-28(29)33-30(34)25-26-32-31(35)22-4-2/h19-20,23-24H,3-18,21-22,25-27H2,1-2H3,(H,32,35). The number of aromatic nitrogens is 2. The number of nitrogens with zero attached hydrogens (tertiary/aromatic N) is 2. The Balaban J connectivity index is 1.54. The van der Waals surface area contributed by atoms with Crippen LogP contribution in [-0.2, 0) is 17.8 Å². The molecule has 2 rings (SSSR count). The second kappa shape index (κ2) is 19.4. The van der Waals surface area contributed by atoms with E-state index in [-0.39, 0.29) is 5.91 Å². The van der Waals surface area contributed by atoms with Gasteiger partial charge in [0.2, 0.25) is 5.91 Å². The topological polar surface area (TPSA) is 46.9 Å². The highest BCUT2D eigenvalue weighted by Gasteiger charge is 2.10. The summed E-state index contributed by atoms with van der Waals surface area (Å²) in [6.45, 7) is 6.02. The summed E-state index contributed by atoms with van der Waals surface area (Å²) >= 11 is 0. The predicted molar refractivity (Wildman–Crippen MR) is 151 cm³/mol. The molecule has 0 radical (unpaired) electrons. The fraction of sp³-hybridized carbons (Fsp3) is 0.742. The van der Waals surface area contributed by atoms with E-state index in [1.165, 1.54) is 108 Å². The first kappa shape index (κ1) is 29.4. The summed E-state index contributed by atoms with van der Waals surface area (Å²) in [7, 11) is 0. The smallest absolute Gasteiger partial charge is 0.219 e. The van der Waals surface area contributed by atoms with Crippen LogP contribution in [0.4, 0.5) is 0 Å². The van der Waals surface area contributed by atoms with Crippen molar-refractivity contribution in [1.29, 1.82) is 0 Å². The molecular weight excluding hydrogens is 430 g/mol. The fourth-order valence-electron chi connectivity index (χ4n) is 5.01. The van der Waals surface area contributed by atoms with Crippen molar-refractivity contribution in [3.05, 3.63) is 30.1 Å². The number of imidazole rings is 1. The summed E-state index contributed by atoms with van der Waals surface area (Å²) in [5.74, 6) is 1.25. The SMILES string of the molecule is CCCCCCCCCCCCCCCCCCn1c(CCNC(=O)CCC)nc2ccccc21. The molecule has 1 N–H and O–H groups in total. The Hall–Kier alpha value is -1.84. The van der Waals surface area contributed by atoms with Crippen molar-refractivity contribution < 1.29 is 4.79 Å². The van der Waals surface area contributed by atoms with E-state index < -0.39 is 0 Å². The Morgan fingerprint density at radius 1 is 0.743 bits per heavy atom. The van der Waals surface area contributed by atoms with E-state index >= 15 is 0 Å². The number of amides is 1. The molecule has 0 saturated heterocycles. The molecular formula is C31H53N3O. The van der Waals surface area contributed by atoms with Gasteiger partial charge in [-0.25, -0.2) is 4.98 Å². The third kappa shape index (κ3) is 12.6. The van der Waals surface area contributed by atoms with E-state index in [0.717, 1.165) is 30.7 Å². The Morgan fingerprint density at radius 2 is 1.29 bits per heavy atom. The molecule has 2 aromatic rings. The van der Waals surface area contributed by atoms with Crippen LogP contribution in [0.2, 0.25) is 0 Å². The van der Waals surface area contributed by atoms with Gasteiger partial charge in [0, 0.05) is 25.9 Å². The second-order valence-electron chi connectivity index (χ2n) is 10.3. The number of carbonyl (C=O) groups is 1. The first-order chi connectivity index (χ1) is 17.3. The van der Waals surface area contributed by atoms with Gasteiger partial charge in [-0.05, 0) is 25.0 Å². The van der Waals surface area contributed by atoms with Crippen molar-refractivity contribution in [1.82, 2.24) is 14.9 Å². The van der Waals surface area contributed by atoms with Crippen LogP contribution in [0.1, 0.15) is 135 Å². The first-order valence-corrected chi connectivity index (χ1v) is 15.0. The first-order valence-electron chi connectivity index (χ1n) is 15.0. The molecule has 1 aromatic carbocycles. The quantitative estimate of drug-likeness (QED) is 0.170. The number of nitrogens with one attached hydrogen (secondary N) is 1. The third-order valence-electron chi connectivity index (χ3n) is 7.12. The Kier molecular flexibility index (Phi) is 16.3. The number of hydrogen-bond acceptors (Lipinski definition) is 2. The van der Waals surface area contributed by atoms with Gasteiger partial charge in [-0.15, -0.1) is 0 Å². The molecule has 198 valence electrons. The van der Waals surface area contributed by atoms with E-state index in [1.807, 2.05) is 6.92 Å². The van der Waals surface area contributed by atoms with Crippen LogP contribution in [0.3, 0.4) is 0 Å². The molecule has 35 heavy (non-hydrogen) atoms. The largest absolute Gasteiger partial charge is 0.356 e. The minimum Gasteiger partial charge on any atom is -0.356 e. The van der Waals surface area contributed by atoms with Crippen LogP contribution >= 0.6 is 0 Å². The van der Waals surface area contributed by atoms with Crippen LogP contribution in [0.25, 0.3) is 11.0 Å². The number of benzene rings is 1. The zero-order valence-electron chi connectivity index (χ0n) is 23.0. The van der Waals surface area contributed by atoms with Gasteiger partial charge in [0.15, 0.2) is 0 Å². The molecule has 0 fully saturated rings. The monoisotopic (exact) mass is 483 g/mol. The fourth-order valence-corrected chi connectivity index (χ4v) is 5.01. The van der Waals surface area contributed by atoms with Crippen molar-refractivity contribution in [2.24, 2.45) is 0 Å². The van der Waals surface area contributed by atoms with Gasteiger partial charge >= 0.3 is 0 Å². The molecule has 0 aliphatic carbocycles.